The van der Waals surface area contributed by atoms with Crippen LogP contribution in [0, 0.1) is 11.6 Å². The maximum atomic E-state index is 13.5. The summed E-state index contributed by atoms with van der Waals surface area (Å²) in [7, 11) is 0. The first kappa shape index (κ1) is 21.2. The van der Waals surface area contributed by atoms with Gasteiger partial charge in [0.2, 0.25) is 5.88 Å². The van der Waals surface area contributed by atoms with E-state index in [1.165, 1.54) is 6.07 Å². The molecule has 0 aliphatic heterocycles. The number of halogens is 2. The first-order chi connectivity index (χ1) is 15.4. The Labute approximate surface area is 182 Å². The molecule has 0 amide bonds. The van der Waals surface area contributed by atoms with Crippen molar-refractivity contribution in [3.05, 3.63) is 95.3 Å². The number of benzene rings is 2. The molecule has 0 fully saturated rings. The van der Waals surface area contributed by atoms with Gasteiger partial charge in [0.15, 0.2) is 11.6 Å². The van der Waals surface area contributed by atoms with E-state index >= 15 is 0 Å². The van der Waals surface area contributed by atoms with Crippen LogP contribution in [-0.2, 0) is 6.61 Å². The summed E-state index contributed by atoms with van der Waals surface area (Å²) in [4.78, 5) is 19.8. The maximum absolute atomic E-state index is 13.5. The average molecular weight is 435 g/mol. The lowest BCUT2D eigenvalue weighted by molar-refractivity contribution is 0.0697. The Kier molecular flexibility index (Phi) is 5.93. The average Bonchev–Trinajstić information content (AvgIpc) is 2.80. The van der Waals surface area contributed by atoms with Gasteiger partial charge in [-0.2, -0.15) is 0 Å². The second-order valence-electron chi connectivity index (χ2n) is 7.20. The zero-order valence-electron chi connectivity index (χ0n) is 17.0. The summed E-state index contributed by atoms with van der Waals surface area (Å²) in [5.41, 5.74) is 1.55. The van der Waals surface area contributed by atoms with E-state index in [1.54, 1.807) is 36.7 Å². The minimum atomic E-state index is -0.984. The van der Waals surface area contributed by atoms with E-state index in [0.29, 0.717) is 22.6 Å². The van der Waals surface area contributed by atoms with E-state index in [1.807, 2.05) is 19.1 Å². The maximum Gasteiger partial charge on any atom is 0.335 e. The number of rotatable bonds is 7. The number of nitrogens with zero attached hydrogens (tertiary/aromatic N) is 2. The van der Waals surface area contributed by atoms with Crippen LogP contribution < -0.4 is 10.1 Å². The van der Waals surface area contributed by atoms with Gasteiger partial charge in [-0.3, -0.25) is 0 Å². The molecule has 0 spiro atoms. The van der Waals surface area contributed by atoms with Crippen LogP contribution in [-0.4, -0.2) is 21.0 Å². The number of pyridine rings is 2. The third-order valence-electron chi connectivity index (χ3n) is 5.01. The van der Waals surface area contributed by atoms with E-state index in [0.717, 1.165) is 23.1 Å². The van der Waals surface area contributed by atoms with Crippen molar-refractivity contribution in [2.24, 2.45) is 0 Å². The monoisotopic (exact) mass is 435 g/mol. The summed E-state index contributed by atoms with van der Waals surface area (Å²) in [5, 5.41) is 13.9. The molecule has 32 heavy (non-hydrogen) atoms. The number of carboxylic acids is 1. The molecule has 0 aliphatic rings. The number of ether oxygens (including phenoxy) is 1. The molecule has 0 bridgehead atoms. The lowest BCUT2D eigenvalue weighted by Crippen LogP contribution is -2.09. The molecule has 162 valence electrons. The Hall–Kier alpha value is -4.07. The van der Waals surface area contributed by atoms with Crippen molar-refractivity contribution in [3.8, 4) is 5.88 Å². The second kappa shape index (κ2) is 8.97. The Balaban J connectivity index is 1.60. The van der Waals surface area contributed by atoms with E-state index in [2.05, 4.69) is 15.3 Å². The third kappa shape index (κ3) is 4.49. The lowest BCUT2D eigenvalue weighted by atomic mass is 10.1. The van der Waals surface area contributed by atoms with Gasteiger partial charge in [-0.05, 0) is 59.8 Å². The van der Waals surface area contributed by atoms with Crippen LogP contribution in [0.4, 0.5) is 14.6 Å². The minimum Gasteiger partial charge on any atom is -0.478 e. The Bertz CT molecular complexity index is 1270. The molecule has 4 aromatic rings. The lowest BCUT2D eigenvalue weighted by Gasteiger charge is -2.18. The molecule has 2 heterocycles. The van der Waals surface area contributed by atoms with Gasteiger partial charge in [0.25, 0.3) is 0 Å². The van der Waals surface area contributed by atoms with Crippen molar-refractivity contribution >= 4 is 22.6 Å². The van der Waals surface area contributed by atoms with Crippen LogP contribution in [0.5, 0.6) is 5.88 Å². The van der Waals surface area contributed by atoms with Crippen molar-refractivity contribution in [2.75, 3.05) is 5.32 Å². The predicted octanol–water partition coefficient (Wildman–Crippen LogP) is 5.36. The molecule has 0 saturated heterocycles. The standard InChI is InChI=1S/C24H19F2N3O3/c1-14(16-3-5-18(6-4-16)24(30)31)29-22-21-17(8-10-27-22)9-11-28-23(21)32-13-15-2-7-19(25)20(26)12-15/h2-12,14H,13H2,1H3,(H,27,29)(H,30,31)/t14-/m0/s1. The number of hydrogen-bond acceptors (Lipinski definition) is 5. The SMILES string of the molecule is C[C@H](Nc1nccc2ccnc(OCc3ccc(F)c(F)c3)c12)c1ccc(C(=O)O)cc1. The number of nitrogens with one attached hydrogen (secondary N) is 1. The fourth-order valence-corrected chi connectivity index (χ4v) is 3.29. The molecule has 0 radical (unpaired) electrons. The van der Waals surface area contributed by atoms with Crippen molar-refractivity contribution < 1.29 is 23.4 Å². The molecule has 2 aromatic heterocycles. The molecule has 6 nitrogen and oxygen atoms in total. The Morgan fingerprint density at radius 2 is 1.75 bits per heavy atom. The summed E-state index contributed by atoms with van der Waals surface area (Å²) in [5.74, 6) is -2.01. The fraction of sp³-hybridized carbons (Fsp3) is 0.125. The van der Waals surface area contributed by atoms with E-state index in [4.69, 9.17) is 9.84 Å². The van der Waals surface area contributed by atoms with Gasteiger partial charge in [-0.1, -0.05) is 18.2 Å². The fourth-order valence-electron chi connectivity index (χ4n) is 3.29. The van der Waals surface area contributed by atoms with Gasteiger partial charge >= 0.3 is 5.97 Å². The number of hydrogen-bond donors (Lipinski definition) is 2. The van der Waals surface area contributed by atoms with Crippen LogP contribution >= 0.6 is 0 Å². The van der Waals surface area contributed by atoms with Crippen LogP contribution in [0.15, 0.2) is 67.0 Å². The highest BCUT2D eigenvalue weighted by Crippen LogP contribution is 2.31. The third-order valence-corrected chi connectivity index (χ3v) is 5.01. The van der Waals surface area contributed by atoms with Gasteiger partial charge in [0.1, 0.15) is 12.4 Å². The number of carboxylic acid groups (broad SMARTS) is 1. The molecule has 2 N–H and O–H groups in total. The van der Waals surface area contributed by atoms with E-state index < -0.39 is 17.6 Å². The smallest absolute Gasteiger partial charge is 0.335 e. The molecule has 0 saturated carbocycles. The topological polar surface area (TPSA) is 84.3 Å². The van der Waals surface area contributed by atoms with Gasteiger partial charge in [0.05, 0.1) is 10.9 Å². The molecule has 8 heteroatoms. The van der Waals surface area contributed by atoms with E-state index in [-0.39, 0.29) is 18.2 Å². The van der Waals surface area contributed by atoms with Crippen molar-refractivity contribution in [3.63, 3.8) is 0 Å². The van der Waals surface area contributed by atoms with Crippen molar-refractivity contribution in [2.45, 2.75) is 19.6 Å². The molecule has 1 atom stereocenters. The summed E-state index contributed by atoms with van der Waals surface area (Å²) < 4.78 is 32.5. The Morgan fingerprint density at radius 1 is 1.03 bits per heavy atom. The number of aromatic carboxylic acids is 1. The molecule has 0 aliphatic carbocycles. The quantitative estimate of drug-likeness (QED) is 0.407. The first-order valence-corrected chi connectivity index (χ1v) is 9.82. The van der Waals surface area contributed by atoms with Gasteiger partial charge in [0, 0.05) is 18.4 Å². The zero-order valence-corrected chi connectivity index (χ0v) is 17.0. The molecular formula is C24H19F2N3O3. The summed E-state index contributed by atoms with van der Waals surface area (Å²) in [6.07, 6.45) is 3.25. The Morgan fingerprint density at radius 3 is 2.44 bits per heavy atom. The van der Waals surface area contributed by atoms with Crippen LogP contribution in [0.2, 0.25) is 0 Å². The molecule has 0 unspecified atom stereocenters. The second-order valence-corrected chi connectivity index (χ2v) is 7.20. The number of anilines is 1. The van der Waals surface area contributed by atoms with Gasteiger partial charge in [-0.15, -0.1) is 0 Å². The summed E-state index contributed by atoms with van der Waals surface area (Å²) in [6.45, 7) is 1.93. The molecular weight excluding hydrogens is 416 g/mol. The largest absolute Gasteiger partial charge is 0.478 e. The van der Waals surface area contributed by atoms with Crippen molar-refractivity contribution in [1.29, 1.82) is 0 Å². The first-order valence-electron chi connectivity index (χ1n) is 9.82. The van der Waals surface area contributed by atoms with Crippen LogP contribution in [0.3, 0.4) is 0 Å². The highest BCUT2D eigenvalue weighted by molar-refractivity contribution is 5.95. The number of carbonyl (C=O) groups is 1. The highest BCUT2D eigenvalue weighted by Gasteiger charge is 2.15. The summed E-state index contributed by atoms with van der Waals surface area (Å²) >= 11 is 0. The van der Waals surface area contributed by atoms with Crippen LogP contribution in [0.25, 0.3) is 10.8 Å². The normalized spacial score (nSPS) is 11.8. The van der Waals surface area contributed by atoms with Crippen LogP contribution in [0.1, 0.15) is 34.5 Å². The predicted molar refractivity (Wildman–Crippen MR) is 116 cm³/mol. The van der Waals surface area contributed by atoms with Crippen molar-refractivity contribution in [1.82, 2.24) is 9.97 Å². The van der Waals surface area contributed by atoms with Gasteiger partial charge in [-0.25, -0.2) is 23.5 Å². The number of fused-ring (bicyclic) bond motifs is 1. The zero-order chi connectivity index (χ0) is 22.7. The molecule has 2 aromatic carbocycles. The highest BCUT2D eigenvalue weighted by atomic mass is 19.2. The molecule has 4 rings (SSSR count). The minimum absolute atomic E-state index is 0.00382. The summed E-state index contributed by atoms with van der Waals surface area (Å²) in [6, 6.07) is 13.6. The number of aromatic nitrogens is 2. The van der Waals surface area contributed by atoms with E-state index in [9.17, 15) is 13.6 Å². The van der Waals surface area contributed by atoms with Gasteiger partial charge < -0.3 is 15.2 Å².